The van der Waals surface area contributed by atoms with E-state index in [1.165, 1.54) is 13.8 Å². The molecule has 0 aromatic heterocycles. The number of carbonyl (C=O) groups excluding carboxylic acids is 18. The predicted octanol–water partition coefficient (Wildman–Crippen LogP) is -8.25. The number of nitrogens with zero attached hydrogens (tertiary/aromatic N) is 2. The van der Waals surface area contributed by atoms with Gasteiger partial charge in [-0.05, 0) is 92.2 Å². The maximum absolute atomic E-state index is 14.7. The largest absolute Gasteiger partial charge is 0.481 e. The van der Waals surface area contributed by atoms with Crippen molar-refractivity contribution in [2.75, 3.05) is 32.7 Å². The first-order chi connectivity index (χ1) is 61.0. The minimum absolute atomic E-state index is 0.0199. The molecule has 49 heteroatoms. The van der Waals surface area contributed by atoms with Gasteiger partial charge in [0.25, 0.3) is 0 Å². The Kier molecular flexibility index (Phi) is 49.5. The molecular weight excluding hydrogens is 1710 g/mol. The van der Waals surface area contributed by atoms with E-state index in [4.69, 9.17) is 45.9 Å². The molecule has 0 radical (unpaired) electrons. The first kappa shape index (κ1) is 112. The fraction of sp³-hybridized carbons (Fsp3) is 0.568. The van der Waals surface area contributed by atoms with Crippen LogP contribution in [0.15, 0.2) is 64.6 Å². The van der Waals surface area contributed by atoms with Crippen LogP contribution in [0.3, 0.4) is 0 Å². The number of aliphatic imine (C=N–C) groups is 2. The lowest BCUT2D eigenvalue weighted by molar-refractivity contribution is -0.143. The van der Waals surface area contributed by atoms with Crippen LogP contribution < -0.4 is 126 Å². The highest BCUT2D eigenvalue weighted by molar-refractivity contribution is 6.02. The molecule has 0 fully saturated rings. The average molecular weight is 1840 g/mol. The third kappa shape index (κ3) is 42.9. The van der Waals surface area contributed by atoms with Crippen molar-refractivity contribution >= 4 is 136 Å². The minimum Gasteiger partial charge on any atom is -0.481 e. The number of guanidine groups is 2. The van der Waals surface area contributed by atoms with Crippen molar-refractivity contribution < 1.29 is 116 Å². The summed E-state index contributed by atoms with van der Waals surface area (Å²) in [5, 5.41) is 65.3. The summed E-state index contributed by atoms with van der Waals surface area (Å²) in [6.07, 6.45) is -5.49. The summed E-state index contributed by atoms with van der Waals surface area (Å²) in [6.45, 7) is 11.4. The quantitative estimate of drug-likeness (QED) is 0.0166. The molecule has 720 valence electrons. The van der Waals surface area contributed by atoms with Gasteiger partial charge >= 0.3 is 17.9 Å². The highest BCUT2D eigenvalue weighted by Gasteiger charge is 2.40. The van der Waals surface area contributed by atoms with Gasteiger partial charge in [0.05, 0.1) is 38.9 Å². The summed E-state index contributed by atoms with van der Waals surface area (Å²) in [6, 6.07) is -5.69. The number of amides is 18. The van der Waals surface area contributed by atoms with E-state index in [-0.39, 0.29) is 95.1 Å². The van der Waals surface area contributed by atoms with Crippen LogP contribution in [0.2, 0.25) is 0 Å². The average Bonchev–Trinajstić information content (AvgIpc) is 0.841. The number of hydrogen-bond donors (Lipinski definition) is 26. The standard InChI is InChI=1S/C81H127N25O24/c1-10-41(7)65(105-67(117)43(9)94-72(122)51(31-39(3)4)100-70(120)49(26-28-57(84)108)98-69(119)47(19-15-29-90-80(86)87)96-60(111)38-93-76(126)64(40(5)6)104-71(121)48(25-27-56(83)107)95-59(110)36-82)77(127)102-52(32-44-21-23-46(24-22-44)45-17-13-12-14-18-45)68(118)92-37-61(112)97-54(34-62(113)114)74(124)101-55(35-63(115)116)75(125)106-66(42(8)11-2)78(128)103-53(33-58(85)109)73(123)99-50(79(129)130)20-16-30-91-81(88)89/h12-14,17-18,21-24,39-43,47-55,64-66H,10-11,15-16,19-20,25-38,82H2,1-9H3,(H2,83,107)(H2,84,108)(H2,85,109)(H,92,118)(H,93,126)(H,94,122)(H,95,110)(H,96,111)(H,97,112)(H,98,119)(H,99,123)(H,100,120)(H,101,124)(H,102,127)(H,103,128)(H,104,121)(H,105,117)(H,106,125)(H,113,114)(H,115,116)(H,129,130)(H4,86,87,90)(H4,88,89,91)/t41-,42-,43-,47-,48-,49-,50-,51-,52-,53-,54-,55-,64-,65-,66-/m0/s1. The second kappa shape index (κ2) is 57.5. The fourth-order valence-electron chi connectivity index (χ4n) is 12.5. The first-order valence-electron chi connectivity index (χ1n) is 41.9. The molecule has 0 spiro atoms. The molecule has 2 aromatic carbocycles. The van der Waals surface area contributed by atoms with Crippen molar-refractivity contribution in [2.24, 2.45) is 79.5 Å². The number of carbonyl (C=O) groups is 21. The van der Waals surface area contributed by atoms with Crippen molar-refractivity contribution in [1.29, 1.82) is 0 Å². The lowest BCUT2D eigenvalue weighted by Crippen LogP contribution is -2.61. The zero-order chi connectivity index (χ0) is 98.4. The molecule has 0 unspecified atom stereocenters. The Labute approximate surface area is 749 Å². The van der Waals surface area contributed by atoms with Crippen molar-refractivity contribution in [3.8, 4) is 11.1 Å². The third-order valence-electron chi connectivity index (χ3n) is 20.0. The maximum atomic E-state index is 14.7. The molecule has 2 aromatic rings. The van der Waals surface area contributed by atoms with E-state index < -0.39 is 272 Å². The molecule has 15 atom stereocenters. The van der Waals surface area contributed by atoms with Crippen molar-refractivity contribution in [2.45, 2.75) is 237 Å². The zero-order valence-corrected chi connectivity index (χ0v) is 74.1. The smallest absolute Gasteiger partial charge is 0.326 e. The summed E-state index contributed by atoms with van der Waals surface area (Å²) in [4.78, 5) is 289. The Balaban J connectivity index is 2.51. The lowest BCUT2D eigenvalue weighted by Gasteiger charge is -2.29. The number of hydrogen-bond acceptors (Lipinski definition) is 24. The van der Waals surface area contributed by atoms with Crippen LogP contribution in [0.25, 0.3) is 11.1 Å². The molecule has 2 rings (SSSR count). The Hall–Kier alpha value is -14.2. The zero-order valence-electron chi connectivity index (χ0n) is 74.1. The maximum Gasteiger partial charge on any atom is 0.326 e. The Morgan fingerprint density at radius 1 is 0.354 bits per heavy atom. The van der Waals surface area contributed by atoms with Crippen molar-refractivity contribution in [1.82, 2.24) is 79.8 Å². The van der Waals surface area contributed by atoms with E-state index >= 15 is 0 Å². The first-order valence-corrected chi connectivity index (χ1v) is 41.9. The van der Waals surface area contributed by atoms with E-state index in [2.05, 4.69) is 89.7 Å². The van der Waals surface area contributed by atoms with Gasteiger partial charge in [-0.1, -0.05) is 123 Å². The van der Waals surface area contributed by atoms with Gasteiger partial charge in [0.1, 0.15) is 78.5 Å². The molecule has 0 aliphatic rings. The lowest BCUT2D eigenvalue weighted by atomic mass is 9.96. The van der Waals surface area contributed by atoms with Gasteiger partial charge in [-0.25, -0.2) is 4.79 Å². The van der Waals surface area contributed by atoms with Crippen LogP contribution >= 0.6 is 0 Å². The third-order valence-corrected chi connectivity index (χ3v) is 20.0. The summed E-state index contributed by atoms with van der Waals surface area (Å²) in [5.74, 6) is -27.2. The van der Waals surface area contributed by atoms with Crippen LogP contribution in [-0.4, -0.2) is 263 Å². The number of nitrogens with one attached hydrogen (secondary N) is 15. The van der Waals surface area contributed by atoms with Crippen LogP contribution in [0.4, 0.5) is 0 Å². The summed E-state index contributed by atoms with van der Waals surface area (Å²) >= 11 is 0. The molecular formula is C81H127N25O24. The monoisotopic (exact) mass is 1830 g/mol. The SMILES string of the molecule is CC[C@H](C)[C@H](NC(=O)[C@H](C)NC(=O)[C@H](CC(C)C)NC(=O)[C@H](CCC(N)=O)NC(=O)[C@H](CCCN=C(N)N)NC(=O)CNC(=O)[C@@H](NC(=O)[C@H](CCC(N)=O)NC(=O)CN)C(C)C)C(=O)N[C@@H](Cc1ccc(-c2ccccc2)cc1)C(=O)NCC(=O)N[C@@H](CC(=O)O)C(=O)N[C@@H](CC(=O)O)C(=O)N[C@H](C(=O)N[C@@H](CC(N)=O)C(=O)N[C@@H](CCCN=C(N)N)C(=O)O)[C@@H](C)CC. The Morgan fingerprint density at radius 3 is 1.18 bits per heavy atom. The number of carboxylic acid groups (broad SMARTS) is 3. The number of rotatable bonds is 61. The fourth-order valence-corrected chi connectivity index (χ4v) is 12.5. The molecule has 0 bridgehead atoms. The highest BCUT2D eigenvalue weighted by atomic mass is 16.4. The predicted molar refractivity (Wildman–Crippen MR) is 467 cm³/mol. The van der Waals surface area contributed by atoms with Crippen molar-refractivity contribution in [3.63, 3.8) is 0 Å². The highest BCUT2D eigenvalue weighted by Crippen LogP contribution is 2.21. The van der Waals surface area contributed by atoms with Gasteiger partial charge < -0.3 is 141 Å². The van der Waals surface area contributed by atoms with Gasteiger partial charge in [-0.2, -0.15) is 0 Å². The van der Waals surface area contributed by atoms with Crippen LogP contribution in [-0.2, 0) is 107 Å². The second-order valence-electron chi connectivity index (χ2n) is 31.6. The number of carboxylic acids is 3. The van der Waals surface area contributed by atoms with E-state index in [0.717, 1.165) is 11.1 Å². The molecule has 18 amide bonds. The number of primary amides is 3. The molecule has 49 nitrogen and oxygen atoms in total. The van der Waals surface area contributed by atoms with Gasteiger partial charge in [0.2, 0.25) is 106 Å². The van der Waals surface area contributed by atoms with E-state index in [1.54, 1.807) is 90.9 Å². The minimum atomic E-state index is -2.15. The Bertz CT molecular complexity index is 4340. The van der Waals surface area contributed by atoms with Gasteiger partial charge in [0, 0.05) is 32.4 Å². The normalized spacial score (nSPS) is 14.4. The van der Waals surface area contributed by atoms with E-state index in [0.29, 0.717) is 5.56 Å². The van der Waals surface area contributed by atoms with Crippen LogP contribution in [0.1, 0.15) is 158 Å². The van der Waals surface area contributed by atoms with Gasteiger partial charge in [-0.15, -0.1) is 0 Å². The topological polar surface area (TPSA) is 832 Å². The second-order valence-corrected chi connectivity index (χ2v) is 31.6. The van der Waals surface area contributed by atoms with Crippen molar-refractivity contribution in [3.05, 3.63) is 60.2 Å². The number of aliphatic carboxylic acids is 3. The van der Waals surface area contributed by atoms with Gasteiger partial charge in [0.15, 0.2) is 11.9 Å². The van der Waals surface area contributed by atoms with E-state index in [9.17, 15) is 116 Å². The Morgan fingerprint density at radius 2 is 0.723 bits per heavy atom. The molecule has 0 heterocycles. The summed E-state index contributed by atoms with van der Waals surface area (Å²) in [5.41, 5.74) is 45.2. The van der Waals surface area contributed by atoms with Crippen LogP contribution in [0, 0.1) is 23.7 Å². The summed E-state index contributed by atoms with van der Waals surface area (Å²) < 4.78 is 0. The molecule has 0 aliphatic heterocycles. The van der Waals surface area contributed by atoms with Gasteiger partial charge in [-0.3, -0.25) is 106 Å². The molecule has 130 heavy (non-hydrogen) atoms. The molecule has 34 N–H and O–H groups in total. The summed E-state index contributed by atoms with van der Waals surface area (Å²) in [7, 11) is 0. The van der Waals surface area contributed by atoms with Crippen LogP contribution in [0.5, 0.6) is 0 Å². The molecule has 0 aliphatic carbocycles. The molecule has 0 saturated carbocycles. The number of nitrogens with two attached hydrogens (primary N) is 8. The number of benzene rings is 2. The van der Waals surface area contributed by atoms with E-state index in [1.807, 2.05) is 12.1 Å². The molecule has 0 saturated heterocycles.